The quantitative estimate of drug-likeness (QED) is 0.902. The Hall–Kier alpha value is -1.04. The van der Waals surface area contributed by atoms with Crippen molar-refractivity contribution in [3.05, 3.63) is 35.4 Å². The average molecular weight is 284 g/mol. The lowest BCUT2D eigenvalue weighted by Crippen LogP contribution is -2.38. The maximum absolute atomic E-state index is 13.3. The van der Waals surface area contributed by atoms with E-state index in [-0.39, 0.29) is 12.1 Å². The molecule has 1 aromatic carbocycles. The summed E-state index contributed by atoms with van der Waals surface area (Å²) in [6.07, 6.45) is 3.54. The van der Waals surface area contributed by atoms with Crippen molar-refractivity contribution in [3.63, 3.8) is 0 Å². The van der Waals surface area contributed by atoms with Crippen molar-refractivity contribution in [2.45, 2.75) is 31.4 Å². The SMILES string of the molecule is CN(CC1CCCCO1)C(CN)c1ccc(F)c(F)c1. The Morgan fingerprint density at radius 1 is 1.35 bits per heavy atom. The Morgan fingerprint density at radius 3 is 2.75 bits per heavy atom. The minimum atomic E-state index is -0.831. The highest BCUT2D eigenvalue weighted by molar-refractivity contribution is 5.21. The number of hydrogen-bond donors (Lipinski definition) is 1. The van der Waals surface area contributed by atoms with E-state index in [9.17, 15) is 8.78 Å². The van der Waals surface area contributed by atoms with Crippen molar-refractivity contribution >= 4 is 0 Å². The minimum Gasteiger partial charge on any atom is -0.377 e. The summed E-state index contributed by atoms with van der Waals surface area (Å²) < 4.78 is 32.0. The van der Waals surface area contributed by atoms with Crippen LogP contribution in [0.1, 0.15) is 30.9 Å². The summed E-state index contributed by atoms with van der Waals surface area (Å²) in [6, 6.07) is 3.84. The number of nitrogens with two attached hydrogens (primary N) is 1. The number of ether oxygens (including phenoxy) is 1. The van der Waals surface area contributed by atoms with Crippen molar-refractivity contribution < 1.29 is 13.5 Å². The van der Waals surface area contributed by atoms with Crippen LogP contribution in [0.2, 0.25) is 0 Å². The van der Waals surface area contributed by atoms with E-state index in [0.29, 0.717) is 12.1 Å². The number of likely N-dealkylation sites (N-methyl/N-ethyl adjacent to an activating group) is 1. The number of nitrogens with zero attached hydrogens (tertiary/aromatic N) is 1. The first-order chi connectivity index (χ1) is 9.61. The molecule has 5 heteroatoms. The predicted molar refractivity (Wildman–Crippen MR) is 74.4 cm³/mol. The van der Waals surface area contributed by atoms with Crippen molar-refractivity contribution in [2.75, 3.05) is 26.7 Å². The van der Waals surface area contributed by atoms with Crippen LogP contribution in [0.4, 0.5) is 8.78 Å². The van der Waals surface area contributed by atoms with Gasteiger partial charge in [-0.3, -0.25) is 4.90 Å². The van der Waals surface area contributed by atoms with Gasteiger partial charge in [0.1, 0.15) is 0 Å². The maximum atomic E-state index is 13.3. The molecule has 1 aliphatic heterocycles. The van der Waals surface area contributed by atoms with E-state index in [0.717, 1.165) is 32.1 Å². The number of halogens is 2. The number of benzene rings is 1. The van der Waals surface area contributed by atoms with Gasteiger partial charge in [-0.25, -0.2) is 8.78 Å². The Balaban J connectivity index is 2.03. The largest absolute Gasteiger partial charge is 0.377 e. The zero-order chi connectivity index (χ0) is 14.5. The third-order valence-electron chi connectivity index (χ3n) is 3.85. The second kappa shape index (κ2) is 7.11. The molecule has 3 nitrogen and oxygen atoms in total. The normalized spacial score (nSPS) is 21.1. The lowest BCUT2D eigenvalue weighted by molar-refractivity contribution is -0.00779. The van der Waals surface area contributed by atoms with Crippen LogP contribution in [0.25, 0.3) is 0 Å². The molecule has 0 aromatic heterocycles. The van der Waals surface area contributed by atoms with Crippen LogP contribution in [0.3, 0.4) is 0 Å². The predicted octanol–water partition coefficient (Wildman–Crippen LogP) is 2.47. The average Bonchev–Trinajstić information content (AvgIpc) is 2.44. The number of rotatable bonds is 5. The molecule has 1 heterocycles. The van der Waals surface area contributed by atoms with Gasteiger partial charge in [-0.1, -0.05) is 6.07 Å². The fourth-order valence-corrected chi connectivity index (χ4v) is 2.69. The molecule has 2 N–H and O–H groups in total. The molecule has 1 saturated heterocycles. The first-order valence-corrected chi connectivity index (χ1v) is 7.08. The molecule has 0 bridgehead atoms. The zero-order valence-electron chi connectivity index (χ0n) is 11.8. The van der Waals surface area contributed by atoms with Crippen LogP contribution < -0.4 is 5.73 Å². The van der Waals surface area contributed by atoms with E-state index in [1.54, 1.807) is 6.07 Å². The zero-order valence-corrected chi connectivity index (χ0v) is 11.8. The molecule has 1 fully saturated rings. The van der Waals surface area contributed by atoms with Gasteiger partial charge >= 0.3 is 0 Å². The van der Waals surface area contributed by atoms with E-state index in [1.165, 1.54) is 12.5 Å². The van der Waals surface area contributed by atoms with Crippen molar-refractivity contribution in [2.24, 2.45) is 5.73 Å². The molecule has 0 spiro atoms. The standard InChI is InChI=1S/C15H22F2N2O/c1-19(10-12-4-2-3-7-20-12)15(9-18)11-5-6-13(16)14(17)8-11/h5-6,8,12,15H,2-4,7,9-10,18H2,1H3. The lowest BCUT2D eigenvalue weighted by Gasteiger charge is -2.32. The van der Waals surface area contributed by atoms with Crippen LogP contribution in [-0.2, 0) is 4.74 Å². The number of hydrogen-bond acceptors (Lipinski definition) is 3. The van der Waals surface area contributed by atoms with Gasteiger partial charge in [0.15, 0.2) is 11.6 Å². The molecule has 0 amide bonds. The van der Waals surface area contributed by atoms with Crippen molar-refractivity contribution in [1.29, 1.82) is 0 Å². The first-order valence-electron chi connectivity index (χ1n) is 7.08. The van der Waals surface area contributed by atoms with Crippen molar-refractivity contribution in [3.8, 4) is 0 Å². The Morgan fingerprint density at radius 2 is 2.15 bits per heavy atom. The summed E-state index contributed by atoms with van der Waals surface area (Å²) in [5.41, 5.74) is 6.50. The van der Waals surface area contributed by atoms with Crippen LogP contribution in [-0.4, -0.2) is 37.7 Å². The van der Waals surface area contributed by atoms with E-state index >= 15 is 0 Å². The highest BCUT2D eigenvalue weighted by Crippen LogP contribution is 2.22. The third-order valence-corrected chi connectivity index (χ3v) is 3.85. The van der Waals surface area contributed by atoms with Crippen molar-refractivity contribution in [1.82, 2.24) is 4.90 Å². The molecular weight excluding hydrogens is 262 g/mol. The van der Waals surface area contributed by atoms with Gasteiger partial charge in [0, 0.05) is 25.7 Å². The van der Waals surface area contributed by atoms with Gasteiger partial charge in [-0.05, 0) is 44.0 Å². The monoisotopic (exact) mass is 284 g/mol. The lowest BCUT2D eigenvalue weighted by atomic mass is 10.0. The van der Waals surface area contributed by atoms with Crippen LogP contribution >= 0.6 is 0 Å². The van der Waals surface area contributed by atoms with E-state index < -0.39 is 11.6 Å². The van der Waals surface area contributed by atoms with Gasteiger partial charge in [0.2, 0.25) is 0 Å². The molecule has 0 radical (unpaired) electrons. The Kier molecular flexibility index (Phi) is 5.46. The fraction of sp³-hybridized carbons (Fsp3) is 0.600. The summed E-state index contributed by atoms with van der Waals surface area (Å²) in [7, 11) is 1.94. The molecule has 1 aliphatic rings. The van der Waals surface area contributed by atoms with Gasteiger partial charge in [-0.15, -0.1) is 0 Å². The molecule has 1 aromatic rings. The van der Waals surface area contributed by atoms with E-state index in [2.05, 4.69) is 4.90 Å². The molecular formula is C15H22F2N2O. The van der Waals surface area contributed by atoms with E-state index in [4.69, 9.17) is 10.5 Å². The molecule has 0 saturated carbocycles. The molecule has 112 valence electrons. The fourth-order valence-electron chi connectivity index (χ4n) is 2.69. The first kappa shape index (κ1) is 15.4. The molecule has 2 unspecified atom stereocenters. The highest BCUT2D eigenvalue weighted by Gasteiger charge is 2.22. The maximum Gasteiger partial charge on any atom is 0.159 e. The summed E-state index contributed by atoms with van der Waals surface area (Å²) in [6.45, 7) is 1.91. The van der Waals surface area contributed by atoms with Crippen LogP contribution in [0.15, 0.2) is 18.2 Å². The van der Waals surface area contributed by atoms with Crippen LogP contribution in [0, 0.1) is 11.6 Å². The topological polar surface area (TPSA) is 38.5 Å². The molecule has 2 atom stereocenters. The van der Waals surface area contributed by atoms with Gasteiger partial charge < -0.3 is 10.5 Å². The minimum absolute atomic E-state index is 0.129. The summed E-state index contributed by atoms with van der Waals surface area (Å²) in [5.74, 6) is -1.66. The smallest absolute Gasteiger partial charge is 0.159 e. The second-order valence-electron chi connectivity index (χ2n) is 5.35. The molecule has 20 heavy (non-hydrogen) atoms. The summed E-state index contributed by atoms with van der Waals surface area (Å²) in [4.78, 5) is 2.06. The molecule has 2 rings (SSSR count). The molecule has 0 aliphatic carbocycles. The Labute approximate surface area is 118 Å². The van der Waals surface area contributed by atoms with Gasteiger partial charge in [-0.2, -0.15) is 0 Å². The highest BCUT2D eigenvalue weighted by atomic mass is 19.2. The van der Waals surface area contributed by atoms with Crippen LogP contribution in [0.5, 0.6) is 0 Å². The third kappa shape index (κ3) is 3.75. The second-order valence-corrected chi connectivity index (χ2v) is 5.35. The van der Waals surface area contributed by atoms with E-state index in [1.807, 2.05) is 7.05 Å². The summed E-state index contributed by atoms with van der Waals surface area (Å²) in [5, 5.41) is 0. The van der Waals surface area contributed by atoms with Gasteiger partial charge in [0.05, 0.1) is 6.10 Å². The Bertz CT molecular complexity index is 436. The van der Waals surface area contributed by atoms with Gasteiger partial charge in [0.25, 0.3) is 0 Å². The summed E-state index contributed by atoms with van der Waals surface area (Å²) >= 11 is 0.